The van der Waals surface area contributed by atoms with Crippen LogP contribution in [0.2, 0.25) is 0 Å². The molecule has 136 valence electrons. The van der Waals surface area contributed by atoms with Crippen LogP contribution in [0.3, 0.4) is 0 Å². The van der Waals surface area contributed by atoms with Gasteiger partial charge in [0.05, 0.1) is 11.8 Å². The fraction of sp³-hybridized carbons (Fsp3) is 0.0556. The van der Waals surface area contributed by atoms with E-state index >= 15 is 0 Å². The predicted octanol–water partition coefficient (Wildman–Crippen LogP) is 2.32. The highest BCUT2D eigenvalue weighted by Gasteiger charge is 2.16. The molecule has 2 heterocycles. The molecule has 0 aliphatic rings. The minimum Gasteiger partial charge on any atom is -0.422 e. The Morgan fingerprint density at radius 1 is 1.07 bits per heavy atom. The van der Waals surface area contributed by atoms with Crippen molar-refractivity contribution in [1.82, 2.24) is 9.97 Å². The second kappa shape index (κ2) is 6.06. The smallest absolute Gasteiger partial charge is 0.349 e. The maximum absolute atomic E-state index is 12.3. The molecule has 2 aromatic carbocycles. The van der Waals surface area contributed by atoms with E-state index < -0.39 is 15.7 Å². The van der Waals surface area contributed by atoms with E-state index in [-0.39, 0.29) is 22.8 Å². The lowest BCUT2D eigenvalue weighted by molar-refractivity contribution is 0.493. The van der Waals surface area contributed by atoms with Crippen molar-refractivity contribution in [1.29, 1.82) is 0 Å². The zero-order chi connectivity index (χ0) is 19.2. The van der Waals surface area contributed by atoms with Gasteiger partial charge in [-0.2, -0.15) is 8.42 Å². The number of anilines is 1. The largest absolute Gasteiger partial charge is 0.422 e. The molecular weight excluding hydrogens is 370 g/mol. The summed E-state index contributed by atoms with van der Waals surface area (Å²) in [6.45, 7) is 0. The van der Waals surface area contributed by atoms with E-state index in [1.54, 1.807) is 36.4 Å². The first-order valence-corrected chi connectivity index (χ1v) is 9.62. The van der Waals surface area contributed by atoms with E-state index in [4.69, 9.17) is 14.3 Å². The second-order valence-electron chi connectivity index (χ2n) is 5.86. The van der Waals surface area contributed by atoms with Crippen LogP contribution < -0.4 is 15.5 Å². The molecule has 27 heavy (non-hydrogen) atoms. The molecule has 0 aliphatic carbocycles. The van der Waals surface area contributed by atoms with Gasteiger partial charge < -0.3 is 14.3 Å². The Balaban J connectivity index is 1.98. The number of nitrogens with two attached hydrogens (primary N) is 1. The minimum absolute atomic E-state index is 0.0241. The van der Waals surface area contributed by atoms with Crippen LogP contribution in [0.15, 0.2) is 57.7 Å². The standard InChI is InChI=1S/C18H13N3O5S/c1-27(23,24)26-11-6-4-5-10(9-11)17-20-15-12-7-2-3-8-13(12)25-18(22)14(15)16(19)21-17/h2-9H,1H3,(H2,19,20,21). The monoisotopic (exact) mass is 383 g/mol. The van der Waals surface area contributed by atoms with Gasteiger partial charge in [-0.15, -0.1) is 0 Å². The highest BCUT2D eigenvalue weighted by atomic mass is 32.2. The quantitative estimate of drug-likeness (QED) is 0.324. The molecule has 0 bridgehead atoms. The molecule has 2 aromatic heterocycles. The van der Waals surface area contributed by atoms with Crippen molar-refractivity contribution < 1.29 is 17.0 Å². The number of fused-ring (bicyclic) bond motifs is 3. The van der Waals surface area contributed by atoms with E-state index in [1.807, 2.05) is 0 Å². The van der Waals surface area contributed by atoms with Crippen molar-refractivity contribution in [2.75, 3.05) is 12.0 Å². The molecule has 8 nitrogen and oxygen atoms in total. The van der Waals surface area contributed by atoms with Crippen LogP contribution in [-0.4, -0.2) is 24.6 Å². The third-order valence-corrected chi connectivity index (χ3v) is 4.32. The lowest BCUT2D eigenvalue weighted by Gasteiger charge is -2.08. The Kier molecular flexibility index (Phi) is 3.81. The average molecular weight is 383 g/mol. The summed E-state index contributed by atoms with van der Waals surface area (Å²) < 4.78 is 32.8. The van der Waals surface area contributed by atoms with Crippen molar-refractivity contribution in [2.24, 2.45) is 0 Å². The van der Waals surface area contributed by atoms with Crippen LogP contribution in [0.25, 0.3) is 33.3 Å². The van der Waals surface area contributed by atoms with E-state index in [1.165, 1.54) is 12.1 Å². The molecule has 0 radical (unpaired) electrons. The molecular formula is C18H13N3O5S. The molecule has 4 rings (SSSR count). The molecule has 0 amide bonds. The number of aromatic nitrogens is 2. The normalized spacial score (nSPS) is 11.7. The van der Waals surface area contributed by atoms with Crippen molar-refractivity contribution in [3.8, 4) is 17.1 Å². The Morgan fingerprint density at radius 3 is 2.63 bits per heavy atom. The van der Waals surface area contributed by atoms with Gasteiger partial charge in [-0.3, -0.25) is 0 Å². The van der Waals surface area contributed by atoms with Gasteiger partial charge in [0.15, 0.2) is 5.82 Å². The van der Waals surface area contributed by atoms with Crippen LogP contribution in [0.4, 0.5) is 5.82 Å². The van der Waals surface area contributed by atoms with E-state index in [0.29, 0.717) is 22.0 Å². The fourth-order valence-electron chi connectivity index (χ4n) is 2.77. The molecule has 0 spiro atoms. The Labute approximate surface area is 153 Å². The Hall–Kier alpha value is -3.46. The summed E-state index contributed by atoms with van der Waals surface area (Å²) in [5.41, 5.74) is 6.60. The van der Waals surface area contributed by atoms with Crippen LogP contribution in [-0.2, 0) is 10.1 Å². The number of rotatable bonds is 3. The second-order valence-corrected chi connectivity index (χ2v) is 7.43. The summed E-state index contributed by atoms with van der Waals surface area (Å²) in [6.07, 6.45) is 0.954. The maximum atomic E-state index is 12.3. The highest BCUT2D eigenvalue weighted by Crippen LogP contribution is 2.28. The first kappa shape index (κ1) is 17.0. The fourth-order valence-corrected chi connectivity index (χ4v) is 3.22. The summed E-state index contributed by atoms with van der Waals surface area (Å²) in [4.78, 5) is 20.9. The van der Waals surface area contributed by atoms with Gasteiger partial charge >= 0.3 is 15.7 Å². The summed E-state index contributed by atoms with van der Waals surface area (Å²) in [5, 5.41) is 0.715. The maximum Gasteiger partial charge on any atom is 0.349 e. The van der Waals surface area contributed by atoms with Gasteiger partial charge in [0.2, 0.25) is 0 Å². The molecule has 0 unspecified atom stereocenters. The molecule has 0 saturated heterocycles. The number of hydrogen-bond acceptors (Lipinski definition) is 8. The van der Waals surface area contributed by atoms with Crippen LogP contribution in [0, 0.1) is 0 Å². The third-order valence-electron chi connectivity index (χ3n) is 3.83. The zero-order valence-corrected chi connectivity index (χ0v) is 14.9. The van der Waals surface area contributed by atoms with Crippen molar-refractivity contribution >= 4 is 37.8 Å². The minimum atomic E-state index is -3.67. The van der Waals surface area contributed by atoms with Gasteiger partial charge in [-0.1, -0.05) is 24.3 Å². The lowest BCUT2D eigenvalue weighted by atomic mass is 10.1. The lowest BCUT2D eigenvalue weighted by Crippen LogP contribution is -2.08. The first-order chi connectivity index (χ1) is 12.8. The summed E-state index contributed by atoms with van der Waals surface area (Å²) >= 11 is 0. The third kappa shape index (κ3) is 3.20. The van der Waals surface area contributed by atoms with Crippen LogP contribution in [0.5, 0.6) is 5.75 Å². The summed E-state index contributed by atoms with van der Waals surface area (Å²) in [5.74, 6) is 0.327. The Morgan fingerprint density at radius 2 is 1.85 bits per heavy atom. The van der Waals surface area contributed by atoms with Crippen LogP contribution >= 0.6 is 0 Å². The number of hydrogen-bond donors (Lipinski definition) is 1. The van der Waals surface area contributed by atoms with Gasteiger partial charge in [0, 0.05) is 10.9 Å². The van der Waals surface area contributed by atoms with E-state index in [0.717, 1.165) is 6.26 Å². The highest BCUT2D eigenvalue weighted by molar-refractivity contribution is 7.86. The predicted molar refractivity (Wildman–Crippen MR) is 101 cm³/mol. The van der Waals surface area contributed by atoms with Gasteiger partial charge in [-0.05, 0) is 24.3 Å². The average Bonchev–Trinajstić information content (AvgIpc) is 2.60. The number of para-hydroxylation sites is 1. The van der Waals surface area contributed by atoms with Gasteiger partial charge in [0.1, 0.15) is 22.5 Å². The summed E-state index contributed by atoms with van der Waals surface area (Å²) in [6, 6.07) is 13.2. The van der Waals surface area contributed by atoms with E-state index in [9.17, 15) is 13.2 Å². The van der Waals surface area contributed by atoms with Crippen LogP contribution in [0.1, 0.15) is 0 Å². The van der Waals surface area contributed by atoms with Crippen molar-refractivity contribution in [3.63, 3.8) is 0 Å². The molecule has 0 fully saturated rings. The molecule has 9 heteroatoms. The molecule has 0 atom stereocenters. The van der Waals surface area contributed by atoms with Gasteiger partial charge in [-0.25, -0.2) is 14.8 Å². The molecule has 0 aliphatic heterocycles. The van der Waals surface area contributed by atoms with E-state index in [2.05, 4.69) is 9.97 Å². The number of benzene rings is 2. The van der Waals surface area contributed by atoms with Gasteiger partial charge in [0.25, 0.3) is 0 Å². The van der Waals surface area contributed by atoms with Crippen molar-refractivity contribution in [2.45, 2.75) is 0 Å². The molecule has 0 saturated carbocycles. The topological polar surface area (TPSA) is 125 Å². The number of nitrogen functional groups attached to an aromatic ring is 1. The number of nitrogens with zero attached hydrogens (tertiary/aromatic N) is 2. The Bertz CT molecular complexity index is 1360. The molecule has 2 N–H and O–H groups in total. The first-order valence-electron chi connectivity index (χ1n) is 7.81. The SMILES string of the molecule is CS(=O)(=O)Oc1cccc(-c2nc(N)c3c(=O)oc4ccccc4c3n2)c1. The molecule has 4 aromatic rings. The van der Waals surface area contributed by atoms with Crippen molar-refractivity contribution in [3.05, 3.63) is 59.0 Å². The zero-order valence-electron chi connectivity index (χ0n) is 14.0. The summed E-state index contributed by atoms with van der Waals surface area (Å²) in [7, 11) is -3.67.